The molecule has 0 saturated heterocycles. The van der Waals surface area contributed by atoms with E-state index < -0.39 is 0 Å². The molecule has 0 radical (unpaired) electrons. The minimum atomic E-state index is 0.911. The molecule has 2 heterocycles. The van der Waals surface area contributed by atoms with E-state index in [1.165, 1.54) is 43.6 Å². The first kappa shape index (κ1) is 40.4. The lowest BCUT2D eigenvalue weighted by atomic mass is 10.2. The van der Waals surface area contributed by atoms with Crippen molar-refractivity contribution in [1.29, 1.82) is 0 Å². The van der Waals surface area contributed by atoms with Crippen molar-refractivity contribution < 1.29 is 0 Å². The molecule has 0 N–H and O–H groups in total. The van der Waals surface area contributed by atoms with Crippen LogP contribution in [-0.2, 0) is 13.7 Å². The molecule has 0 unspecified atom stereocenters. The Morgan fingerprint density at radius 3 is 0.955 bits per heavy atom. The standard InChI is InChI=1S/C15H16N2.C13H11N.C4H11N.4C2H6/c1-16(2)11-17-14-9-5-3-7-12(14)13-8-4-6-10-15(13)17;1-14-12-8-4-2-6-10(12)11-7-3-5-9-13(11)14;1-4-5(2)3;4*1-2/h3-10H,11H2,1-2H3;2-9H,1H3;4H2,1-3H3;4*1-2H3. The number of rotatable bonds is 3. The minimum absolute atomic E-state index is 0.911. The van der Waals surface area contributed by atoms with E-state index in [0.717, 1.165) is 13.2 Å². The van der Waals surface area contributed by atoms with Gasteiger partial charge < -0.3 is 14.0 Å². The van der Waals surface area contributed by atoms with Crippen LogP contribution in [0.25, 0.3) is 43.6 Å². The van der Waals surface area contributed by atoms with Crippen molar-refractivity contribution >= 4 is 43.6 Å². The van der Waals surface area contributed by atoms with Crippen molar-refractivity contribution in [3.05, 3.63) is 97.1 Å². The first-order valence-corrected chi connectivity index (χ1v) is 16.6. The normalized spacial score (nSPS) is 9.73. The Morgan fingerprint density at radius 1 is 0.432 bits per heavy atom. The largest absolute Gasteiger partial charge is 0.344 e. The van der Waals surface area contributed by atoms with E-state index in [1.807, 2.05) is 55.4 Å². The summed E-state index contributed by atoms with van der Waals surface area (Å²) in [6, 6.07) is 34.2. The monoisotopic (exact) mass is 598 g/mol. The van der Waals surface area contributed by atoms with Crippen molar-refractivity contribution in [3.8, 4) is 0 Å². The van der Waals surface area contributed by atoms with E-state index in [9.17, 15) is 0 Å². The van der Waals surface area contributed by atoms with Crippen LogP contribution < -0.4 is 0 Å². The van der Waals surface area contributed by atoms with Crippen molar-refractivity contribution in [2.24, 2.45) is 7.05 Å². The molecule has 0 aliphatic heterocycles. The fourth-order valence-corrected chi connectivity index (χ4v) is 4.56. The maximum absolute atomic E-state index is 2.37. The third-order valence-electron chi connectivity index (χ3n) is 6.56. The van der Waals surface area contributed by atoms with Crippen LogP contribution in [0.5, 0.6) is 0 Å². The summed E-state index contributed by atoms with van der Waals surface area (Å²) in [6.45, 7) is 20.2. The van der Waals surface area contributed by atoms with Gasteiger partial charge in [0, 0.05) is 39.6 Å². The van der Waals surface area contributed by atoms with Gasteiger partial charge in [-0.25, -0.2) is 0 Å². The molecule has 4 nitrogen and oxygen atoms in total. The molecule has 6 aromatic rings. The number of aromatic nitrogens is 2. The van der Waals surface area contributed by atoms with Gasteiger partial charge in [-0.05, 0) is 59.0 Å². The lowest BCUT2D eigenvalue weighted by Crippen LogP contribution is -2.16. The Balaban J connectivity index is 0.000000617. The highest BCUT2D eigenvalue weighted by Crippen LogP contribution is 2.29. The highest BCUT2D eigenvalue weighted by atomic mass is 15.2. The zero-order chi connectivity index (χ0) is 33.7. The summed E-state index contributed by atoms with van der Waals surface area (Å²) in [6.07, 6.45) is 0. The third kappa shape index (κ3) is 10.8. The van der Waals surface area contributed by atoms with Gasteiger partial charge in [0.2, 0.25) is 0 Å². The van der Waals surface area contributed by atoms with Gasteiger partial charge in [-0.15, -0.1) is 0 Å². The summed E-state index contributed by atoms with van der Waals surface area (Å²) in [5.41, 5.74) is 5.22. The van der Waals surface area contributed by atoms with E-state index in [2.05, 4.69) is 158 Å². The number of aryl methyl sites for hydroxylation is 1. The lowest BCUT2D eigenvalue weighted by molar-refractivity contribution is 0.338. The van der Waals surface area contributed by atoms with Crippen LogP contribution in [0.15, 0.2) is 97.1 Å². The lowest BCUT2D eigenvalue weighted by Gasteiger charge is -2.13. The Kier molecular flexibility index (Phi) is 21.0. The van der Waals surface area contributed by atoms with E-state index in [1.54, 1.807) is 0 Å². The Bertz CT molecular complexity index is 1460. The molecule has 6 rings (SSSR count). The van der Waals surface area contributed by atoms with E-state index in [0.29, 0.717) is 0 Å². The average Bonchev–Trinajstić information content (AvgIpc) is 3.57. The molecule has 4 heteroatoms. The van der Waals surface area contributed by atoms with Gasteiger partial charge in [0.1, 0.15) is 0 Å². The van der Waals surface area contributed by atoms with E-state index in [4.69, 9.17) is 0 Å². The molecule has 0 aliphatic carbocycles. The molecule has 0 saturated carbocycles. The first-order valence-electron chi connectivity index (χ1n) is 16.6. The molecular weight excluding hydrogens is 536 g/mol. The second-order valence-electron chi connectivity index (χ2n) is 9.67. The number of fused-ring (bicyclic) bond motifs is 6. The van der Waals surface area contributed by atoms with Crippen LogP contribution in [-0.4, -0.2) is 53.7 Å². The first-order chi connectivity index (χ1) is 21.4. The van der Waals surface area contributed by atoms with Crippen LogP contribution in [0.4, 0.5) is 0 Å². The van der Waals surface area contributed by atoms with Gasteiger partial charge in [0.05, 0.1) is 17.7 Å². The quantitative estimate of drug-likeness (QED) is 0.201. The number of benzene rings is 4. The molecular formula is C40H62N4. The number of nitrogens with zero attached hydrogens (tertiary/aromatic N) is 4. The van der Waals surface area contributed by atoms with Crippen molar-refractivity contribution in [2.45, 2.75) is 69.0 Å². The fraction of sp³-hybridized carbons (Fsp3) is 0.400. The zero-order valence-electron chi connectivity index (χ0n) is 30.4. The fourth-order valence-electron chi connectivity index (χ4n) is 4.56. The van der Waals surface area contributed by atoms with Gasteiger partial charge in [-0.1, -0.05) is 135 Å². The van der Waals surface area contributed by atoms with Crippen molar-refractivity contribution in [3.63, 3.8) is 0 Å². The molecule has 0 aliphatic rings. The van der Waals surface area contributed by atoms with Gasteiger partial charge in [0.15, 0.2) is 0 Å². The molecule has 4 aromatic carbocycles. The second-order valence-corrected chi connectivity index (χ2v) is 9.67. The topological polar surface area (TPSA) is 16.3 Å². The summed E-state index contributed by atoms with van der Waals surface area (Å²) >= 11 is 0. The molecule has 2 aromatic heterocycles. The molecule has 0 spiro atoms. The molecule has 0 atom stereocenters. The third-order valence-corrected chi connectivity index (χ3v) is 6.56. The van der Waals surface area contributed by atoms with Crippen LogP contribution in [0.2, 0.25) is 0 Å². The molecule has 242 valence electrons. The predicted octanol–water partition coefficient (Wildman–Crippen LogP) is 11.3. The van der Waals surface area contributed by atoms with Crippen molar-refractivity contribution in [1.82, 2.24) is 18.9 Å². The number of para-hydroxylation sites is 4. The van der Waals surface area contributed by atoms with Crippen LogP contribution in [0, 0.1) is 0 Å². The molecule has 44 heavy (non-hydrogen) atoms. The van der Waals surface area contributed by atoms with Crippen molar-refractivity contribution in [2.75, 3.05) is 34.7 Å². The van der Waals surface area contributed by atoms with Crippen LogP contribution >= 0.6 is 0 Å². The summed E-state index contributed by atoms with van der Waals surface area (Å²) < 4.78 is 4.61. The highest BCUT2D eigenvalue weighted by molar-refractivity contribution is 6.08. The van der Waals surface area contributed by atoms with Gasteiger partial charge in [-0.2, -0.15) is 0 Å². The van der Waals surface area contributed by atoms with Crippen LogP contribution in [0.3, 0.4) is 0 Å². The smallest absolute Gasteiger partial charge is 0.0752 e. The van der Waals surface area contributed by atoms with Gasteiger partial charge >= 0.3 is 0 Å². The number of hydrogen-bond acceptors (Lipinski definition) is 2. The summed E-state index contributed by atoms with van der Waals surface area (Å²) in [5.74, 6) is 0. The van der Waals surface area contributed by atoms with Gasteiger partial charge in [-0.3, -0.25) is 4.90 Å². The molecule has 0 bridgehead atoms. The molecule has 0 fully saturated rings. The Morgan fingerprint density at radius 2 is 0.682 bits per heavy atom. The van der Waals surface area contributed by atoms with Gasteiger partial charge in [0.25, 0.3) is 0 Å². The highest BCUT2D eigenvalue weighted by Gasteiger charge is 2.09. The zero-order valence-corrected chi connectivity index (χ0v) is 30.4. The molecule has 0 amide bonds. The number of hydrogen-bond donors (Lipinski definition) is 0. The second kappa shape index (κ2) is 22.9. The maximum Gasteiger partial charge on any atom is 0.0752 e. The average molecular weight is 599 g/mol. The minimum Gasteiger partial charge on any atom is -0.344 e. The van der Waals surface area contributed by atoms with Crippen LogP contribution in [0.1, 0.15) is 62.3 Å². The predicted molar refractivity (Wildman–Crippen MR) is 203 cm³/mol. The summed E-state index contributed by atoms with van der Waals surface area (Å²) in [5, 5.41) is 5.35. The maximum atomic E-state index is 2.37. The van der Waals surface area contributed by atoms with E-state index in [-0.39, 0.29) is 0 Å². The Hall–Kier alpha value is -3.60. The summed E-state index contributed by atoms with van der Waals surface area (Å²) in [4.78, 5) is 4.32. The summed E-state index contributed by atoms with van der Waals surface area (Å²) in [7, 11) is 10.4. The Labute approximate surface area is 269 Å². The SMILES string of the molecule is CC.CC.CC.CC.CCN(C)C.CN(C)Cn1c2ccccc2c2ccccc21.Cn1c2ccccc2c2ccccc21. The van der Waals surface area contributed by atoms with E-state index >= 15 is 0 Å².